The molecule has 162 valence electrons. The highest BCUT2D eigenvalue weighted by Gasteiger charge is 2.11. The molecule has 0 aliphatic heterocycles. The van der Waals surface area contributed by atoms with Gasteiger partial charge in [-0.15, -0.1) is 0 Å². The number of hydrogen-bond acceptors (Lipinski definition) is 3. The third kappa shape index (κ3) is 7.33. The third-order valence-corrected chi connectivity index (χ3v) is 5.62. The van der Waals surface area contributed by atoms with Gasteiger partial charge in [-0.2, -0.15) is 0 Å². The summed E-state index contributed by atoms with van der Waals surface area (Å²) in [6.45, 7) is 4.47. The number of unbranched alkanes of at least 4 members (excludes halogenated alkanes) is 6. The van der Waals surface area contributed by atoms with E-state index < -0.39 is 0 Å². The minimum absolute atomic E-state index is 0.116. The van der Waals surface area contributed by atoms with Crippen molar-refractivity contribution in [2.75, 3.05) is 5.73 Å². The van der Waals surface area contributed by atoms with Crippen molar-refractivity contribution in [3.8, 4) is 0 Å². The van der Waals surface area contributed by atoms with Crippen molar-refractivity contribution in [3.05, 3.63) is 68.8 Å². The Morgan fingerprint density at radius 2 is 1.40 bits per heavy atom. The number of rotatable bonds is 13. The average Bonchev–Trinajstić information content (AvgIpc) is 2.75. The Morgan fingerprint density at radius 1 is 0.800 bits per heavy atom. The van der Waals surface area contributed by atoms with Crippen LogP contribution in [-0.2, 0) is 12.8 Å². The van der Waals surface area contributed by atoms with E-state index in [4.69, 9.17) is 5.73 Å². The molecule has 0 fully saturated rings. The van der Waals surface area contributed by atoms with Crippen molar-refractivity contribution < 1.29 is 4.92 Å². The summed E-state index contributed by atoms with van der Waals surface area (Å²) in [6, 6.07) is 10.8. The molecule has 0 aromatic heterocycles. The fourth-order valence-electron chi connectivity index (χ4n) is 3.83. The number of nitrogen functional groups attached to an aromatic ring is 1. The molecule has 0 heterocycles. The van der Waals surface area contributed by atoms with E-state index in [9.17, 15) is 10.1 Å². The Hall–Kier alpha value is -2.62. The van der Waals surface area contributed by atoms with Crippen molar-refractivity contribution in [2.24, 2.45) is 0 Å². The van der Waals surface area contributed by atoms with E-state index in [1.54, 1.807) is 24.3 Å². The average molecular weight is 409 g/mol. The van der Waals surface area contributed by atoms with E-state index in [0.717, 1.165) is 24.1 Å². The molecule has 0 radical (unpaired) electrons. The van der Waals surface area contributed by atoms with Gasteiger partial charge in [0.15, 0.2) is 0 Å². The summed E-state index contributed by atoms with van der Waals surface area (Å²) in [5.74, 6) is 0. The van der Waals surface area contributed by atoms with Crippen LogP contribution < -0.4 is 5.73 Å². The number of benzene rings is 2. The van der Waals surface area contributed by atoms with E-state index in [1.165, 1.54) is 68.1 Å². The maximum atomic E-state index is 10.9. The van der Waals surface area contributed by atoms with Gasteiger partial charge in [0.1, 0.15) is 0 Å². The van der Waals surface area contributed by atoms with Crippen LogP contribution in [-0.4, -0.2) is 4.92 Å². The van der Waals surface area contributed by atoms with Gasteiger partial charge in [-0.1, -0.05) is 70.6 Å². The molecule has 0 saturated carbocycles. The molecule has 0 spiro atoms. The molecule has 2 rings (SSSR count). The normalized spacial score (nSPS) is 11.3. The first-order valence-electron chi connectivity index (χ1n) is 11.4. The van der Waals surface area contributed by atoms with Crippen LogP contribution in [0.4, 0.5) is 11.4 Å². The summed E-state index contributed by atoms with van der Waals surface area (Å²) in [5.41, 5.74) is 12.3. The van der Waals surface area contributed by atoms with Gasteiger partial charge >= 0.3 is 0 Å². The summed E-state index contributed by atoms with van der Waals surface area (Å²) in [6.07, 6.45) is 16.1. The molecule has 30 heavy (non-hydrogen) atoms. The summed E-state index contributed by atoms with van der Waals surface area (Å²) >= 11 is 0. The Bertz CT molecular complexity index is 826. The monoisotopic (exact) mass is 408 g/mol. The molecular formula is C26H36N2O2. The van der Waals surface area contributed by atoms with Crippen molar-refractivity contribution in [3.63, 3.8) is 0 Å². The lowest BCUT2D eigenvalue weighted by Gasteiger charge is -2.16. The minimum atomic E-state index is -0.368. The van der Waals surface area contributed by atoms with Crippen LogP contribution >= 0.6 is 0 Å². The maximum Gasteiger partial charge on any atom is 0.269 e. The molecular weight excluding hydrogens is 372 g/mol. The van der Waals surface area contributed by atoms with Crippen LogP contribution in [0.25, 0.3) is 12.2 Å². The number of nitrogens with two attached hydrogens (primary N) is 1. The van der Waals surface area contributed by atoms with E-state index in [0.29, 0.717) is 0 Å². The highest BCUT2D eigenvalue weighted by Crippen LogP contribution is 2.27. The smallest absolute Gasteiger partial charge is 0.269 e. The summed E-state index contributed by atoms with van der Waals surface area (Å²) in [4.78, 5) is 10.5. The number of nitro benzene ring substituents is 1. The van der Waals surface area contributed by atoms with Crippen LogP contribution in [0, 0.1) is 10.1 Å². The zero-order valence-electron chi connectivity index (χ0n) is 18.5. The molecule has 0 bridgehead atoms. The van der Waals surface area contributed by atoms with Gasteiger partial charge in [-0.05, 0) is 66.1 Å². The summed E-state index contributed by atoms with van der Waals surface area (Å²) < 4.78 is 0. The van der Waals surface area contributed by atoms with Gasteiger partial charge < -0.3 is 5.73 Å². The van der Waals surface area contributed by atoms with Gasteiger partial charge in [0.25, 0.3) is 5.69 Å². The predicted molar refractivity (Wildman–Crippen MR) is 129 cm³/mol. The largest absolute Gasteiger partial charge is 0.398 e. The van der Waals surface area contributed by atoms with Crippen LogP contribution in [0.15, 0.2) is 36.4 Å². The van der Waals surface area contributed by atoms with E-state index in [-0.39, 0.29) is 10.6 Å². The van der Waals surface area contributed by atoms with Crippen LogP contribution in [0.3, 0.4) is 0 Å². The van der Waals surface area contributed by atoms with Crippen LogP contribution in [0.1, 0.15) is 87.5 Å². The molecule has 2 N–H and O–H groups in total. The number of non-ortho nitro benzene ring substituents is 1. The fourth-order valence-corrected chi connectivity index (χ4v) is 3.83. The third-order valence-electron chi connectivity index (χ3n) is 5.62. The topological polar surface area (TPSA) is 69.2 Å². The summed E-state index contributed by atoms with van der Waals surface area (Å²) in [5, 5.41) is 10.9. The summed E-state index contributed by atoms with van der Waals surface area (Å²) in [7, 11) is 0. The van der Waals surface area contributed by atoms with Crippen molar-refractivity contribution in [1.82, 2.24) is 0 Å². The molecule has 2 aromatic carbocycles. The van der Waals surface area contributed by atoms with Crippen molar-refractivity contribution in [2.45, 2.75) is 78.1 Å². The van der Waals surface area contributed by atoms with Gasteiger partial charge in [0.2, 0.25) is 0 Å². The van der Waals surface area contributed by atoms with Crippen LogP contribution in [0.5, 0.6) is 0 Å². The number of nitrogens with zero attached hydrogens (tertiary/aromatic N) is 1. The fraction of sp³-hybridized carbons (Fsp3) is 0.462. The lowest BCUT2D eigenvalue weighted by atomic mass is 9.90. The molecule has 4 nitrogen and oxygen atoms in total. The van der Waals surface area contributed by atoms with Gasteiger partial charge in [-0.3, -0.25) is 10.1 Å². The van der Waals surface area contributed by atoms with E-state index in [2.05, 4.69) is 26.0 Å². The molecule has 0 aliphatic rings. The number of anilines is 1. The first kappa shape index (κ1) is 23.7. The second-order valence-electron chi connectivity index (χ2n) is 8.00. The standard InChI is InChI=1S/C26H36N2O2/c1-3-5-7-9-11-24-22(16-13-21-14-18-23(19-15-21)28(29)30)17-20-26(27)25(24)12-10-8-6-4-2/h13-20H,3-12,27H2,1-2H3. The number of nitro groups is 1. The lowest BCUT2D eigenvalue weighted by molar-refractivity contribution is -0.384. The zero-order valence-corrected chi connectivity index (χ0v) is 18.5. The van der Waals surface area contributed by atoms with Gasteiger partial charge in [-0.25, -0.2) is 0 Å². The van der Waals surface area contributed by atoms with E-state index >= 15 is 0 Å². The van der Waals surface area contributed by atoms with Crippen LogP contribution in [0.2, 0.25) is 0 Å². The Morgan fingerprint density at radius 3 is 1.97 bits per heavy atom. The van der Waals surface area contributed by atoms with Crippen molar-refractivity contribution >= 4 is 23.5 Å². The first-order valence-corrected chi connectivity index (χ1v) is 11.4. The highest BCUT2D eigenvalue weighted by atomic mass is 16.6. The maximum absolute atomic E-state index is 10.9. The zero-order chi connectivity index (χ0) is 21.8. The Kier molecular flexibility index (Phi) is 10.1. The second-order valence-corrected chi connectivity index (χ2v) is 8.00. The number of hydrogen-bond donors (Lipinski definition) is 1. The van der Waals surface area contributed by atoms with Crippen molar-refractivity contribution in [1.29, 1.82) is 0 Å². The Labute approximate surface area is 181 Å². The first-order chi connectivity index (χ1) is 14.6. The van der Waals surface area contributed by atoms with Gasteiger partial charge in [0.05, 0.1) is 4.92 Å². The Balaban J connectivity index is 2.25. The molecule has 0 aliphatic carbocycles. The molecule has 2 aromatic rings. The lowest BCUT2D eigenvalue weighted by Crippen LogP contribution is -2.04. The van der Waals surface area contributed by atoms with Gasteiger partial charge in [0, 0.05) is 17.8 Å². The minimum Gasteiger partial charge on any atom is -0.398 e. The SMILES string of the molecule is CCCCCCc1c(N)ccc(C=Cc2ccc([N+](=O)[O-])cc2)c1CCCCCC. The quantitative estimate of drug-likeness (QED) is 0.122. The molecule has 4 heteroatoms. The highest BCUT2D eigenvalue weighted by molar-refractivity contribution is 5.74. The molecule has 0 amide bonds. The molecule has 0 saturated heterocycles. The predicted octanol–water partition coefficient (Wildman–Crippen LogP) is 7.59. The molecule has 0 unspecified atom stereocenters. The van der Waals surface area contributed by atoms with E-state index in [1.807, 2.05) is 12.1 Å². The second kappa shape index (κ2) is 12.8. The molecule has 0 atom stereocenters.